The molecule has 1 atom stereocenters. The molecule has 0 saturated carbocycles. The normalized spacial score (nSPS) is 14.1. The molecule has 0 aliphatic carbocycles. The number of rotatable bonds is 1. The molecule has 0 bridgehead atoms. The summed E-state index contributed by atoms with van der Waals surface area (Å²) in [5, 5.41) is 0. The number of nitrogens with two attached hydrogens (primary N) is 1. The first-order valence-electron chi connectivity index (χ1n) is 4.53. The Morgan fingerprint density at radius 1 is 1.21 bits per heavy atom. The van der Waals surface area contributed by atoms with E-state index < -0.39 is 0 Å². The molecular formula is C11H15Br2N. The summed E-state index contributed by atoms with van der Waals surface area (Å²) in [5.74, 6) is 0. The molecule has 3 heteroatoms. The van der Waals surface area contributed by atoms with Crippen molar-refractivity contribution >= 4 is 31.9 Å². The van der Waals surface area contributed by atoms with Crippen LogP contribution in [-0.4, -0.2) is 0 Å². The summed E-state index contributed by atoms with van der Waals surface area (Å²) in [6.07, 6.45) is 0. The van der Waals surface area contributed by atoms with Gasteiger partial charge in [0.15, 0.2) is 0 Å². The third kappa shape index (κ3) is 2.81. The molecular weight excluding hydrogens is 306 g/mol. The predicted octanol–water partition coefficient (Wildman–Crippen LogP) is 4.26. The summed E-state index contributed by atoms with van der Waals surface area (Å²) in [4.78, 5) is 0. The van der Waals surface area contributed by atoms with Crippen molar-refractivity contribution in [3.8, 4) is 0 Å². The molecule has 0 amide bonds. The summed E-state index contributed by atoms with van der Waals surface area (Å²) < 4.78 is 2.14. The molecule has 1 rings (SSSR count). The molecule has 0 aliphatic heterocycles. The van der Waals surface area contributed by atoms with Crippen LogP contribution in [0.5, 0.6) is 0 Å². The highest BCUT2D eigenvalue weighted by Gasteiger charge is 2.23. The average Bonchev–Trinajstić information content (AvgIpc) is 2.06. The Morgan fingerprint density at radius 3 is 2.29 bits per heavy atom. The van der Waals surface area contributed by atoms with Crippen LogP contribution < -0.4 is 5.73 Å². The fraction of sp³-hybridized carbons (Fsp3) is 0.455. The van der Waals surface area contributed by atoms with E-state index in [0.717, 1.165) is 14.5 Å². The molecule has 0 unspecified atom stereocenters. The largest absolute Gasteiger partial charge is 0.323 e. The molecule has 0 heterocycles. The highest BCUT2D eigenvalue weighted by molar-refractivity contribution is 9.11. The molecule has 0 saturated heterocycles. The van der Waals surface area contributed by atoms with Crippen LogP contribution in [0, 0.1) is 5.41 Å². The van der Waals surface area contributed by atoms with E-state index in [0.29, 0.717) is 0 Å². The topological polar surface area (TPSA) is 26.0 Å². The summed E-state index contributed by atoms with van der Waals surface area (Å²) >= 11 is 6.98. The zero-order valence-electron chi connectivity index (χ0n) is 8.64. The lowest BCUT2D eigenvalue weighted by molar-refractivity contribution is 0.326. The molecule has 14 heavy (non-hydrogen) atoms. The first-order valence-corrected chi connectivity index (χ1v) is 6.11. The second-order valence-electron chi connectivity index (χ2n) is 4.51. The van der Waals surface area contributed by atoms with Crippen LogP contribution in [-0.2, 0) is 0 Å². The van der Waals surface area contributed by atoms with Crippen molar-refractivity contribution in [3.05, 3.63) is 32.7 Å². The van der Waals surface area contributed by atoms with E-state index in [9.17, 15) is 0 Å². The Bertz CT molecular complexity index is 329. The van der Waals surface area contributed by atoms with Crippen molar-refractivity contribution in [2.75, 3.05) is 0 Å². The highest BCUT2D eigenvalue weighted by atomic mass is 79.9. The molecule has 1 aromatic rings. The summed E-state index contributed by atoms with van der Waals surface area (Å²) in [6, 6.07) is 6.13. The Labute approximate surface area is 102 Å². The molecule has 2 N–H and O–H groups in total. The van der Waals surface area contributed by atoms with Crippen molar-refractivity contribution in [1.29, 1.82) is 0 Å². The Hall–Kier alpha value is 0.140. The van der Waals surface area contributed by atoms with E-state index in [4.69, 9.17) is 5.73 Å². The molecule has 0 spiro atoms. The van der Waals surface area contributed by atoms with Gasteiger partial charge in [0, 0.05) is 15.0 Å². The predicted molar refractivity (Wildman–Crippen MR) is 68.2 cm³/mol. The summed E-state index contributed by atoms with van der Waals surface area (Å²) in [7, 11) is 0. The van der Waals surface area contributed by atoms with Crippen LogP contribution in [0.4, 0.5) is 0 Å². The second-order valence-corrected chi connectivity index (χ2v) is 6.28. The first kappa shape index (κ1) is 12.2. The summed E-state index contributed by atoms with van der Waals surface area (Å²) in [5.41, 5.74) is 7.41. The monoisotopic (exact) mass is 319 g/mol. The fourth-order valence-corrected chi connectivity index (χ4v) is 2.09. The molecule has 1 aromatic carbocycles. The molecule has 78 valence electrons. The van der Waals surface area contributed by atoms with Crippen molar-refractivity contribution in [1.82, 2.24) is 0 Å². The highest BCUT2D eigenvalue weighted by Crippen LogP contribution is 2.35. The minimum Gasteiger partial charge on any atom is -0.323 e. The van der Waals surface area contributed by atoms with Crippen LogP contribution in [0.1, 0.15) is 32.4 Å². The van der Waals surface area contributed by atoms with E-state index >= 15 is 0 Å². The maximum absolute atomic E-state index is 6.19. The van der Waals surface area contributed by atoms with E-state index in [1.54, 1.807) is 0 Å². The number of halogens is 2. The SMILES string of the molecule is CC(C)(C)[C@@H](N)c1cc(Br)ccc1Br. The Balaban J connectivity index is 3.12. The maximum Gasteiger partial charge on any atom is 0.0355 e. The average molecular weight is 321 g/mol. The molecule has 0 aliphatic rings. The fourth-order valence-electron chi connectivity index (χ4n) is 1.22. The van der Waals surface area contributed by atoms with Gasteiger partial charge in [0.05, 0.1) is 0 Å². The molecule has 1 nitrogen and oxygen atoms in total. The summed E-state index contributed by atoms with van der Waals surface area (Å²) in [6.45, 7) is 6.43. The van der Waals surface area contributed by atoms with Crippen LogP contribution in [0.25, 0.3) is 0 Å². The van der Waals surface area contributed by atoms with Gasteiger partial charge >= 0.3 is 0 Å². The van der Waals surface area contributed by atoms with Crippen LogP contribution in [0.15, 0.2) is 27.1 Å². The second kappa shape index (κ2) is 4.33. The lowest BCUT2D eigenvalue weighted by atomic mass is 9.83. The first-order chi connectivity index (χ1) is 6.32. The van der Waals surface area contributed by atoms with Gasteiger partial charge in [-0.15, -0.1) is 0 Å². The smallest absolute Gasteiger partial charge is 0.0355 e. The Morgan fingerprint density at radius 2 is 1.79 bits per heavy atom. The van der Waals surface area contributed by atoms with Crippen molar-refractivity contribution in [2.45, 2.75) is 26.8 Å². The Kier molecular flexibility index (Phi) is 3.78. The lowest BCUT2D eigenvalue weighted by Crippen LogP contribution is -2.26. The standard InChI is InChI=1S/C11H15Br2N/c1-11(2,3)10(14)8-6-7(12)4-5-9(8)13/h4-6,10H,14H2,1-3H3/t10-/m0/s1. The zero-order chi connectivity index (χ0) is 10.9. The van der Waals surface area contributed by atoms with Gasteiger partial charge in [0.2, 0.25) is 0 Å². The third-order valence-electron chi connectivity index (χ3n) is 2.23. The van der Waals surface area contributed by atoms with E-state index in [-0.39, 0.29) is 11.5 Å². The van der Waals surface area contributed by atoms with E-state index in [1.165, 1.54) is 0 Å². The quantitative estimate of drug-likeness (QED) is 0.822. The van der Waals surface area contributed by atoms with Crippen LogP contribution in [0.2, 0.25) is 0 Å². The minimum absolute atomic E-state index is 0.0365. The lowest BCUT2D eigenvalue weighted by Gasteiger charge is -2.28. The minimum atomic E-state index is 0.0365. The third-order valence-corrected chi connectivity index (χ3v) is 3.44. The van der Waals surface area contributed by atoms with Crippen molar-refractivity contribution in [2.24, 2.45) is 11.1 Å². The van der Waals surface area contributed by atoms with Gasteiger partial charge in [-0.1, -0.05) is 52.6 Å². The molecule has 0 aromatic heterocycles. The molecule has 0 radical (unpaired) electrons. The number of benzene rings is 1. The van der Waals surface area contributed by atoms with Gasteiger partial charge in [0.25, 0.3) is 0 Å². The molecule has 0 fully saturated rings. The zero-order valence-corrected chi connectivity index (χ0v) is 11.8. The van der Waals surface area contributed by atoms with Gasteiger partial charge < -0.3 is 5.73 Å². The van der Waals surface area contributed by atoms with Crippen LogP contribution in [0.3, 0.4) is 0 Å². The number of hydrogen-bond donors (Lipinski definition) is 1. The number of hydrogen-bond acceptors (Lipinski definition) is 1. The van der Waals surface area contributed by atoms with Crippen molar-refractivity contribution < 1.29 is 0 Å². The maximum atomic E-state index is 6.19. The van der Waals surface area contributed by atoms with Gasteiger partial charge in [0.1, 0.15) is 0 Å². The van der Waals surface area contributed by atoms with Crippen LogP contribution >= 0.6 is 31.9 Å². The van der Waals surface area contributed by atoms with Gasteiger partial charge in [-0.2, -0.15) is 0 Å². The van der Waals surface area contributed by atoms with E-state index in [2.05, 4.69) is 58.7 Å². The van der Waals surface area contributed by atoms with Gasteiger partial charge in [-0.25, -0.2) is 0 Å². The van der Waals surface area contributed by atoms with E-state index in [1.807, 2.05) is 12.1 Å². The van der Waals surface area contributed by atoms with Crippen molar-refractivity contribution in [3.63, 3.8) is 0 Å². The van der Waals surface area contributed by atoms with Gasteiger partial charge in [-0.3, -0.25) is 0 Å². The van der Waals surface area contributed by atoms with Gasteiger partial charge in [-0.05, 0) is 29.2 Å².